The van der Waals surface area contributed by atoms with Crippen LogP contribution in [0.5, 0.6) is 0 Å². The topological polar surface area (TPSA) is 103 Å². The monoisotopic (exact) mass is 398 g/mol. The van der Waals surface area contributed by atoms with E-state index in [1.807, 2.05) is 6.07 Å². The summed E-state index contributed by atoms with van der Waals surface area (Å²) in [5.41, 5.74) is 0.459. The number of hydrogen-bond donors (Lipinski definition) is 2. The van der Waals surface area contributed by atoms with Crippen molar-refractivity contribution in [1.29, 1.82) is 5.26 Å². The minimum atomic E-state index is -1.07. The molecule has 1 saturated carbocycles. The van der Waals surface area contributed by atoms with Crippen LogP contribution in [-0.2, 0) is 4.79 Å². The molecule has 0 bridgehead atoms. The fourth-order valence-corrected chi connectivity index (χ4v) is 3.43. The third-order valence-corrected chi connectivity index (χ3v) is 5.03. The van der Waals surface area contributed by atoms with Crippen molar-refractivity contribution in [1.82, 2.24) is 5.32 Å². The highest BCUT2D eigenvalue weighted by molar-refractivity contribution is 6.33. The lowest BCUT2D eigenvalue weighted by molar-refractivity contribution is -0.117. The third-order valence-electron chi connectivity index (χ3n) is 4.70. The number of carboxylic acid groups (broad SMARTS) is 1. The van der Waals surface area contributed by atoms with Crippen LogP contribution in [-0.4, -0.2) is 23.0 Å². The number of nitrogens with zero attached hydrogens (tertiary/aromatic N) is 1. The van der Waals surface area contributed by atoms with E-state index in [0.717, 1.165) is 25.7 Å². The van der Waals surface area contributed by atoms with Crippen LogP contribution >= 0.6 is 11.6 Å². The van der Waals surface area contributed by atoms with E-state index < -0.39 is 11.9 Å². The van der Waals surface area contributed by atoms with Crippen LogP contribution in [0.4, 0.5) is 0 Å². The van der Waals surface area contributed by atoms with Crippen molar-refractivity contribution in [3.8, 4) is 17.4 Å². The van der Waals surface area contributed by atoms with E-state index in [1.165, 1.54) is 30.7 Å². The first kappa shape index (κ1) is 19.7. The Hall–Kier alpha value is -3.04. The van der Waals surface area contributed by atoms with E-state index in [2.05, 4.69) is 5.32 Å². The van der Waals surface area contributed by atoms with E-state index in [0.29, 0.717) is 22.1 Å². The second kappa shape index (κ2) is 8.77. The maximum Gasteiger partial charge on any atom is 0.335 e. The molecule has 0 radical (unpaired) electrons. The summed E-state index contributed by atoms with van der Waals surface area (Å²) in [5, 5.41) is 21.7. The van der Waals surface area contributed by atoms with Gasteiger partial charge in [-0.1, -0.05) is 30.9 Å². The number of amides is 1. The summed E-state index contributed by atoms with van der Waals surface area (Å²) >= 11 is 6.15. The number of hydrogen-bond acceptors (Lipinski definition) is 4. The van der Waals surface area contributed by atoms with E-state index in [4.69, 9.17) is 21.1 Å². The third kappa shape index (κ3) is 4.62. The number of rotatable bonds is 5. The molecule has 1 aromatic carbocycles. The maximum absolute atomic E-state index is 12.4. The van der Waals surface area contributed by atoms with Crippen molar-refractivity contribution >= 4 is 29.6 Å². The molecule has 7 heteroatoms. The number of aromatic carboxylic acids is 1. The van der Waals surface area contributed by atoms with Crippen LogP contribution in [0.25, 0.3) is 17.4 Å². The molecule has 144 valence electrons. The number of nitrogens with one attached hydrogen (secondary N) is 1. The molecule has 3 rings (SSSR count). The van der Waals surface area contributed by atoms with Crippen LogP contribution in [0.3, 0.4) is 0 Å². The standard InChI is InChI=1S/C21H19ClN2O4/c22-18-8-6-13(21(26)27)11-17(18)19-9-7-16(28-19)10-14(12-23)20(25)24-15-4-2-1-3-5-15/h6-11,15H,1-5H2,(H,24,25)(H,26,27)/b14-10-. The van der Waals surface area contributed by atoms with Gasteiger partial charge in [0.05, 0.1) is 10.6 Å². The molecule has 0 aliphatic heterocycles. The van der Waals surface area contributed by atoms with Gasteiger partial charge in [-0.15, -0.1) is 0 Å². The van der Waals surface area contributed by atoms with Gasteiger partial charge in [0.25, 0.3) is 5.91 Å². The van der Waals surface area contributed by atoms with Crippen LogP contribution in [0, 0.1) is 11.3 Å². The number of carbonyl (C=O) groups excluding carboxylic acids is 1. The van der Waals surface area contributed by atoms with Crippen molar-refractivity contribution < 1.29 is 19.1 Å². The lowest BCUT2D eigenvalue weighted by Gasteiger charge is -2.22. The van der Waals surface area contributed by atoms with Crippen molar-refractivity contribution in [3.63, 3.8) is 0 Å². The van der Waals surface area contributed by atoms with Gasteiger partial charge in [-0.3, -0.25) is 4.79 Å². The zero-order chi connectivity index (χ0) is 20.1. The lowest BCUT2D eigenvalue weighted by atomic mass is 9.95. The van der Waals surface area contributed by atoms with Gasteiger partial charge in [0, 0.05) is 17.7 Å². The highest BCUT2D eigenvalue weighted by atomic mass is 35.5. The summed E-state index contributed by atoms with van der Waals surface area (Å²) in [6, 6.07) is 9.53. The zero-order valence-electron chi connectivity index (χ0n) is 15.1. The Morgan fingerprint density at radius 1 is 1.21 bits per heavy atom. The first-order valence-electron chi connectivity index (χ1n) is 9.03. The fourth-order valence-electron chi connectivity index (χ4n) is 3.22. The zero-order valence-corrected chi connectivity index (χ0v) is 15.8. The highest BCUT2D eigenvalue weighted by Gasteiger charge is 2.19. The molecular formula is C21H19ClN2O4. The van der Waals surface area contributed by atoms with E-state index in [-0.39, 0.29) is 17.2 Å². The Labute approximate surface area is 167 Å². The van der Waals surface area contributed by atoms with Crippen LogP contribution < -0.4 is 5.32 Å². The average Bonchev–Trinajstić information content (AvgIpc) is 3.15. The van der Waals surface area contributed by atoms with Gasteiger partial charge in [-0.05, 0) is 43.2 Å². The normalized spacial score (nSPS) is 15.1. The number of nitriles is 1. The van der Waals surface area contributed by atoms with Crippen LogP contribution in [0.2, 0.25) is 5.02 Å². The molecule has 2 aromatic rings. The Bertz CT molecular complexity index is 965. The van der Waals surface area contributed by atoms with Crippen LogP contribution in [0.1, 0.15) is 48.2 Å². The highest BCUT2D eigenvalue weighted by Crippen LogP contribution is 2.31. The molecule has 1 aromatic heterocycles. The molecule has 0 unspecified atom stereocenters. The van der Waals surface area contributed by atoms with Crippen molar-refractivity contribution in [2.75, 3.05) is 0 Å². The number of benzene rings is 1. The minimum Gasteiger partial charge on any atom is -0.478 e. The number of carbonyl (C=O) groups is 2. The number of furan rings is 1. The fraction of sp³-hybridized carbons (Fsp3) is 0.286. The van der Waals surface area contributed by atoms with Gasteiger partial charge in [0.2, 0.25) is 0 Å². The molecule has 1 aliphatic carbocycles. The van der Waals surface area contributed by atoms with E-state index in [1.54, 1.807) is 12.1 Å². The van der Waals surface area contributed by atoms with E-state index in [9.17, 15) is 14.9 Å². The summed E-state index contributed by atoms with van der Waals surface area (Å²) in [4.78, 5) is 23.5. The SMILES string of the molecule is N#C/C(=C/c1ccc(-c2cc(C(=O)O)ccc2Cl)o1)C(=O)NC1CCCCC1. The molecule has 28 heavy (non-hydrogen) atoms. The molecule has 0 atom stereocenters. The van der Waals surface area contributed by atoms with Crippen molar-refractivity contribution in [3.05, 3.63) is 52.3 Å². The van der Waals surface area contributed by atoms with Gasteiger partial charge >= 0.3 is 5.97 Å². The first-order chi connectivity index (χ1) is 13.5. The second-order valence-corrected chi connectivity index (χ2v) is 7.09. The first-order valence-corrected chi connectivity index (χ1v) is 9.41. The Morgan fingerprint density at radius 3 is 2.64 bits per heavy atom. The summed E-state index contributed by atoms with van der Waals surface area (Å²) in [7, 11) is 0. The predicted molar refractivity (Wildman–Crippen MR) is 105 cm³/mol. The molecule has 1 amide bonds. The number of carboxylic acids is 1. The van der Waals surface area contributed by atoms with Gasteiger partial charge < -0.3 is 14.8 Å². The lowest BCUT2D eigenvalue weighted by Crippen LogP contribution is -2.36. The average molecular weight is 399 g/mol. The molecule has 1 heterocycles. The van der Waals surface area contributed by atoms with Gasteiger partial charge in [-0.2, -0.15) is 5.26 Å². The molecular weight excluding hydrogens is 380 g/mol. The Kier molecular flexibility index (Phi) is 6.17. The summed E-state index contributed by atoms with van der Waals surface area (Å²) < 4.78 is 5.67. The quantitative estimate of drug-likeness (QED) is 0.563. The summed E-state index contributed by atoms with van der Waals surface area (Å²) in [5.74, 6) is -0.833. The number of halogens is 1. The summed E-state index contributed by atoms with van der Waals surface area (Å²) in [6.45, 7) is 0. The molecule has 1 fully saturated rings. The van der Waals surface area contributed by atoms with Gasteiger partial charge in [-0.25, -0.2) is 4.79 Å². The second-order valence-electron chi connectivity index (χ2n) is 6.68. The smallest absolute Gasteiger partial charge is 0.335 e. The van der Waals surface area contributed by atoms with E-state index >= 15 is 0 Å². The van der Waals surface area contributed by atoms with Gasteiger partial charge in [0.1, 0.15) is 23.2 Å². The largest absolute Gasteiger partial charge is 0.478 e. The van der Waals surface area contributed by atoms with Gasteiger partial charge in [0.15, 0.2) is 0 Å². The minimum absolute atomic E-state index is 0.0446. The molecule has 1 aliphatic rings. The summed E-state index contributed by atoms with van der Waals surface area (Å²) in [6.07, 6.45) is 6.55. The van der Waals surface area contributed by atoms with Crippen LogP contribution in [0.15, 0.2) is 40.3 Å². The molecule has 2 N–H and O–H groups in total. The van der Waals surface area contributed by atoms with Crippen molar-refractivity contribution in [2.45, 2.75) is 38.1 Å². The maximum atomic E-state index is 12.4. The Balaban J connectivity index is 1.80. The van der Waals surface area contributed by atoms with Crippen molar-refractivity contribution in [2.24, 2.45) is 0 Å². The molecule has 0 spiro atoms. The predicted octanol–water partition coefficient (Wildman–Crippen LogP) is 4.65. The Morgan fingerprint density at radius 2 is 1.96 bits per heavy atom. The molecule has 0 saturated heterocycles. The molecule has 6 nitrogen and oxygen atoms in total.